The van der Waals surface area contributed by atoms with Crippen LogP contribution in [0.1, 0.15) is 5.56 Å². The molecule has 1 N–H and O–H groups in total. The third-order valence-corrected chi connectivity index (χ3v) is 2.85. The van der Waals surface area contributed by atoms with Gasteiger partial charge in [0.2, 0.25) is 5.75 Å². The zero-order valence-corrected chi connectivity index (χ0v) is 11.0. The van der Waals surface area contributed by atoms with E-state index in [2.05, 4.69) is 5.10 Å². The lowest BCUT2D eigenvalue weighted by Crippen LogP contribution is -2.32. The molecule has 0 amide bonds. The average Bonchev–Trinajstić information content (AvgIpc) is 2.47. The average molecular weight is 281 g/mol. The zero-order valence-electron chi connectivity index (χ0n) is 11.0. The highest BCUT2D eigenvalue weighted by Gasteiger charge is 2.19. The molecule has 0 atom stereocenters. The van der Waals surface area contributed by atoms with Gasteiger partial charge in [-0.2, -0.15) is 5.10 Å². The number of nitrogens with zero attached hydrogens (tertiary/aromatic N) is 3. The third-order valence-electron chi connectivity index (χ3n) is 2.85. The quantitative estimate of drug-likeness (QED) is 0.502. The number of methoxy groups -OCH3 is 1. The molecule has 1 aliphatic rings. The summed E-state index contributed by atoms with van der Waals surface area (Å²) in [6, 6.07) is 2.74. The van der Waals surface area contributed by atoms with Crippen molar-refractivity contribution in [2.24, 2.45) is 5.10 Å². The molecule has 1 saturated heterocycles. The predicted molar refractivity (Wildman–Crippen MR) is 71.3 cm³/mol. The van der Waals surface area contributed by atoms with E-state index in [0.717, 1.165) is 0 Å². The van der Waals surface area contributed by atoms with Crippen LogP contribution in [-0.2, 0) is 4.74 Å². The molecule has 20 heavy (non-hydrogen) atoms. The van der Waals surface area contributed by atoms with E-state index in [0.29, 0.717) is 31.9 Å². The molecule has 2 rings (SSSR count). The van der Waals surface area contributed by atoms with Crippen molar-refractivity contribution in [2.45, 2.75) is 0 Å². The first-order chi connectivity index (χ1) is 9.61. The van der Waals surface area contributed by atoms with Gasteiger partial charge in [-0.15, -0.1) is 0 Å². The second kappa shape index (κ2) is 6.20. The van der Waals surface area contributed by atoms with E-state index < -0.39 is 16.4 Å². The molecule has 0 aliphatic carbocycles. The molecule has 0 aromatic heterocycles. The van der Waals surface area contributed by atoms with Crippen LogP contribution < -0.4 is 4.74 Å². The molecule has 1 heterocycles. The van der Waals surface area contributed by atoms with E-state index in [1.54, 1.807) is 0 Å². The van der Waals surface area contributed by atoms with Crippen LogP contribution in [0.5, 0.6) is 11.5 Å². The minimum Gasteiger partial charge on any atom is -0.500 e. The van der Waals surface area contributed by atoms with Gasteiger partial charge in [0, 0.05) is 11.6 Å². The van der Waals surface area contributed by atoms with Gasteiger partial charge in [-0.25, -0.2) is 0 Å². The second-order valence-electron chi connectivity index (χ2n) is 4.16. The number of aromatic hydroxyl groups is 1. The van der Waals surface area contributed by atoms with Crippen LogP contribution in [0.2, 0.25) is 0 Å². The second-order valence-corrected chi connectivity index (χ2v) is 4.16. The number of phenolic OH excluding ortho intramolecular Hbond substituents is 1. The lowest BCUT2D eigenvalue weighted by molar-refractivity contribution is -0.386. The van der Waals surface area contributed by atoms with Gasteiger partial charge in [0.15, 0.2) is 5.75 Å². The molecular formula is C12H15N3O5. The fourth-order valence-corrected chi connectivity index (χ4v) is 1.80. The number of rotatable bonds is 4. The maximum Gasteiger partial charge on any atom is 0.315 e. The van der Waals surface area contributed by atoms with E-state index in [1.807, 2.05) is 5.01 Å². The number of hydrogen-bond acceptors (Lipinski definition) is 7. The number of morpholine rings is 1. The number of ether oxygens (including phenoxy) is 2. The van der Waals surface area contributed by atoms with Gasteiger partial charge >= 0.3 is 5.69 Å². The maximum absolute atomic E-state index is 10.9. The Morgan fingerprint density at radius 3 is 2.80 bits per heavy atom. The largest absolute Gasteiger partial charge is 0.500 e. The molecule has 0 bridgehead atoms. The Morgan fingerprint density at radius 2 is 2.20 bits per heavy atom. The molecule has 1 fully saturated rings. The Hall–Kier alpha value is -2.35. The summed E-state index contributed by atoms with van der Waals surface area (Å²) in [6.07, 6.45) is 1.50. The van der Waals surface area contributed by atoms with Crippen LogP contribution in [0.3, 0.4) is 0 Å². The standard InChI is InChI=1S/C12H15N3O5/c1-19-11-7-9(6-10(12(11)16)15(17)18)8-13-14-2-4-20-5-3-14/h6-8,16H,2-5H2,1H3/b13-8+. The molecular weight excluding hydrogens is 266 g/mol. The van der Waals surface area contributed by atoms with E-state index >= 15 is 0 Å². The highest BCUT2D eigenvalue weighted by molar-refractivity contribution is 5.83. The number of phenols is 1. The Balaban J connectivity index is 2.24. The Morgan fingerprint density at radius 1 is 1.50 bits per heavy atom. The summed E-state index contributed by atoms with van der Waals surface area (Å²) in [6.45, 7) is 2.56. The SMILES string of the molecule is COc1cc(/C=N/N2CCOCC2)cc([N+](=O)[O-])c1O. The van der Waals surface area contributed by atoms with Crippen molar-refractivity contribution in [3.05, 3.63) is 27.8 Å². The zero-order chi connectivity index (χ0) is 14.5. The Kier molecular flexibility index (Phi) is 4.36. The van der Waals surface area contributed by atoms with Gasteiger partial charge in [0.25, 0.3) is 0 Å². The molecule has 1 aliphatic heterocycles. The highest BCUT2D eigenvalue weighted by Crippen LogP contribution is 2.36. The maximum atomic E-state index is 10.9. The molecule has 8 nitrogen and oxygen atoms in total. The third kappa shape index (κ3) is 3.15. The van der Waals surface area contributed by atoms with E-state index in [-0.39, 0.29) is 5.75 Å². The number of hydrogen-bond donors (Lipinski definition) is 1. The highest BCUT2D eigenvalue weighted by atomic mass is 16.6. The van der Waals surface area contributed by atoms with Crippen molar-refractivity contribution < 1.29 is 19.5 Å². The predicted octanol–water partition coefficient (Wildman–Crippen LogP) is 0.975. The molecule has 108 valence electrons. The molecule has 1 aromatic rings. The molecule has 0 spiro atoms. The Labute approximate surface area is 115 Å². The first-order valence-corrected chi connectivity index (χ1v) is 6.04. The lowest BCUT2D eigenvalue weighted by atomic mass is 10.2. The van der Waals surface area contributed by atoms with Crippen LogP contribution in [0, 0.1) is 10.1 Å². The van der Waals surface area contributed by atoms with Crippen molar-refractivity contribution in [1.82, 2.24) is 5.01 Å². The lowest BCUT2D eigenvalue weighted by Gasteiger charge is -2.23. The van der Waals surface area contributed by atoms with Crippen molar-refractivity contribution >= 4 is 11.9 Å². The molecule has 8 heteroatoms. The summed E-state index contributed by atoms with van der Waals surface area (Å²) < 4.78 is 10.1. The van der Waals surface area contributed by atoms with Crippen LogP contribution in [0.25, 0.3) is 0 Å². The minimum absolute atomic E-state index is 0.0441. The summed E-state index contributed by atoms with van der Waals surface area (Å²) in [7, 11) is 1.33. The first-order valence-electron chi connectivity index (χ1n) is 6.04. The van der Waals surface area contributed by atoms with Crippen molar-refractivity contribution in [1.29, 1.82) is 0 Å². The minimum atomic E-state index is -0.663. The summed E-state index contributed by atoms with van der Waals surface area (Å²) in [5, 5.41) is 26.6. The summed E-state index contributed by atoms with van der Waals surface area (Å²) >= 11 is 0. The Bertz CT molecular complexity index is 526. The summed E-state index contributed by atoms with van der Waals surface area (Å²) in [5.74, 6) is -0.441. The van der Waals surface area contributed by atoms with Crippen LogP contribution in [0.15, 0.2) is 17.2 Å². The normalized spacial score (nSPS) is 15.6. The fourth-order valence-electron chi connectivity index (χ4n) is 1.80. The summed E-state index contributed by atoms with van der Waals surface area (Å²) in [4.78, 5) is 10.2. The van der Waals surface area contributed by atoms with E-state index in [1.165, 1.54) is 25.5 Å². The van der Waals surface area contributed by atoms with Gasteiger partial charge in [0.05, 0.1) is 44.6 Å². The van der Waals surface area contributed by atoms with E-state index in [4.69, 9.17) is 9.47 Å². The van der Waals surface area contributed by atoms with Crippen LogP contribution in [-0.4, -0.2) is 54.7 Å². The fraction of sp³-hybridized carbons (Fsp3) is 0.417. The van der Waals surface area contributed by atoms with Crippen molar-refractivity contribution in [3.8, 4) is 11.5 Å². The number of nitro benzene ring substituents is 1. The van der Waals surface area contributed by atoms with Gasteiger partial charge in [-0.05, 0) is 6.07 Å². The molecule has 1 aromatic carbocycles. The van der Waals surface area contributed by atoms with Gasteiger partial charge in [-0.3, -0.25) is 15.1 Å². The number of hydrazone groups is 1. The van der Waals surface area contributed by atoms with Crippen LogP contribution >= 0.6 is 0 Å². The number of benzene rings is 1. The molecule has 0 unspecified atom stereocenters. The monoisotopic (exact) mass is 281 g/mol. The van der Waals surface area contributed by atoms with Crippen molar-refractivity contribution in [3.63, 3.8) is 0 Å². The smallest absolute Gasteiger partial charge is 0.315 e. The number of nitro groups is 1. The topological polar surface area (TPSA) is 97.4 Å². The molecule has 0 saturated carbocycles. The van der Waals surface area contributed by atoms with Gasteiger partial charge in [0.1, 0.15) is 0 Å². The van der Waals surface area contributed by atoms with Crippen molar-refractivity contribution in [2.75, 3.05) is 33.4 Å². The molecule has 0 radical (unpaired) electrons. The van der Waals surface area contributed by atoms with Gasteiger partial charge in [-0.1, -0.05) is 0 Å². The summed E-state index contributed by atoms with van der Waals surface area (Å²) in [5.41, 5.74) is 0.0746. The van der Waals surface area contributed by atoms with Crippen LogP contribution in [0.4, 0.5) is 5.69 Å². The van der Waals surface area contributed by atoms with E-state index in [9.17, 15) is 15.2 Å². The van der Waals surface area contributed by atoms with Gasteiger partial charge < -0.3 is 14.6 Å². The first kappa shape index (κ1) is 14.1.